The molecule has 0 fully saturated rings. The average Bonchev–Trinajstić information content (AvgIpc) is 3.22. The van der Waals surface area contributed by atoms with Crippen LogP contribution in [0.3, 0.4) is 0 Å². The first-order chi connectivity index (χ1) is 13.9. The summed E-state index contributed by atoms with van der Waals surface area (Å²) in [5.41, 5.74) is 1.02. The Morgan fingerprint density at radius 1 is 1.17 bits per heavy atom. The van der Waals surface area contributed by atoms with Crippen molar-refractivity contribution >= 4 is 38.6 Å². The Hall–Kier alpha value is -3.06. The van der Waals surface area contributed by atoms with E-state index < -0.39 is 23.5 Å². The van der Waals surface area contributed by atoms with E-state index in [0.717, 1.165) is 9.86 Å². The zero-order valence-electron chi connectivity index (χ0n) is 15.6. The third kappa shape index (κ3) is 3.31. The van der Waals surface area contributed by atoms with Crippen LogP contribution in [-0.2, 0) is 4.79 Å². The molecule has 0 spiro atoms. The van der Waals surface area contributed by atoms with Gasteiger partial charge in [-0.05, 0) is 48.4 Å². The van der Waals surface area contributed by atoms with Gasteiger partial charge in [-0.15, -0.1) is 0 Å². The lowest BCUT2D eigenvalue weighted by molar-refractivity contribution is -0.129. The summed E-state index contributed by atoms with van der Waals surface area (Å²) in [6, 6.07) is 12.5. The maximum absolute atomic E-state index is 13.3. The summed E-state index contributed by atoms with van der Waals surface area (Å²) in [5.74, 6) is -1.70. The molecule has 148 valence electrons. The highest BCUT2D eigenvalue weighted by Gasteiger charge is 2.44. The molecule has 1 unspecified atom stereocenters. The first-order valence-corrected chi connectivity index (χ1v) is 9.96. The number of aliphatic hydroxyl groups excluding tert-OH is 1. The first kappa shape index (κ1) is 19.3. The van der Waals surface area contributed by atoms with Gasteiger partial charge < -0.3 is 19.5 Å². The maximum Gasteiger partial charge on any atom is 0.290 e. The molecule has 6 nitrogen and oxygen atoms in total. The predicted octanol–water partition coefficient (Wildman–Crippen LogP) is 4.89. The topological polar surface area (TPSA) is 91.0 Å². The number of fused-ring (bicyclic) bond motifs is 1. The van der Waals surface area contributed by atoms with Gasteiger partial charge in [0.2, 0.25) is 5.78 Å². The Morgan fingerprint density at radius 2 is 1.97 bits per heavy atom. The molecule has 1 aliphatic rings. The molecule has 0 bridgehead atoms. The smallest absolute Gasteiger partial charge is 0.290 e. The van der Waals surface area contributed by atoms with Crippen molar-refractivity contribution in [2.24, 2.45) is 0 Å². The molecule has 2 N–H and O–H groups in total. The molecule has 0 saturated carbocycles. The van der Waals surface area contributed by atoms with E-state index in [2.05, 4.69) is 15.9 Å². The van der Waals surface area contributed by atoms with E-state index in [1.807, 2.05) is 13.0 Å². The van der Waals surface area contributed by atoms with Gasteiger partial charge >= 0.3 is 0 Å². The number of benzene rings is 2. The van der Waals surface area contributed by atoms with E-state index in [0.29, 0.717) is 24.1 Å². The van der Waals surface area contributed by atoms with E-state index >= 15 is 0 Å². The second-order valence-corrected chi connectivity index (χ2v) is 7.80. The first-order valence-electron chi connectivity index (χ1n) is 9.17. The summed E-state index contributed by atoms with van der Waals surface area (Å²) in [4.78, 5) is 27.4. The molecule has 0 saturated heterocycles. The van der Waals surface area contributed by atoms with Gasteiger partial charge in [0.1, 0.15) is 11.3 Å². The van der Waals surface area contributed by atoms with E-state index in [1.54, 1.807) is 30.3 Å². The van der Waals surface area contributed by atoms with Crippen molar-refractivity contribution in [1.29, 1.82) is 0 Å². The van der Waals surface area contributed by atoms with Crippen molar-refractivity contribution < 1.29 is 24.2 Å². The number of halogens is 1. The van der Waals surface area contributed by atoms with E-state index in [-0.39, 0.29) is 17.1 Å². The molecule has 7 heteroatoms. The van der Waals surface area contributed by atoms with Gasteiger partial charge in [-0.1, -0.05) is 35.0 Å². The van der Waals surface area contributed by atoms with Crippen LogP contribution in [0.1, 0.15) is 35.5 Å². The lowest BCUT2D eigenvalue weighted by Crippen LogP contribution is -2.31. The minimum absolute atomic E-state index is 0.0122. The van der Waals surface area contributed by atoms with Crippen molar-refractivity contribution in [3.8, 4) is 5.75 Å². The molecule has 1 atom stereocenters. The number of phenolic OH excluding ortho intramolecular Hbond substituents is 1. The lowest BCUT2D eigenvalue weighted by Gasteiger charge is -2.26. The van der Waals surface area contributed by atoms with Gasteiger partial charge in [0.25, 0.3) is 5.91 Å². The van der Waals surface area contributed by atoms with Crippen LogP contribution in [0.15, 0.2) is 68.8 Å². The number of nitrogens with zero attached hydrogens (tertiary/aromatic N) is 1. The molecular weight excluding hydrogens is 438 g/mol. The normalized spacial score (nSPS) is 16.8. The quantitative estimate of drug-likeness (QED) is 0.534. The monoisotopic (exact) mass is 455 g/mol. The maximum atomic E-state index is 13.3. The van der Waals surface area contributed by atoms with E-state index in [1.165, 1.54) is 17.0 Å². The number of Topliss-reactive ketones (excluding diaryl/α,β-unsaturated/α-hetero) is 1. The number of aliphatic hydroxyl groups is 1. The summed E-state index contributed by atoms with van der Waals surface area (Å²) in [7, 11) is 0. The number of rotatable bonds is 5. The summed E-state index contributed by atoms with van der Waals surface area (Å²) < 4.78 is 6.53. The number of amides is 1. The number of carbonyl (C=O) groups excluding carboxylic acids is 2. The van der Waals surface area contributed by atoms with Gasteiger partial charge in [-0.3, -0.25) is 9.59 Å². The van der Waals surface area contributed by atoms with Crippen molar-refractivity contribution in [3.63, 3.8) is 0 Å². The van der Waals surface area contributed by atoms with E-state index in [4.69, 9.17) is 4.42 Å². The Labute approximate surface area is 175 Å². The molecule has 1 aromatic heterocycles. The van der Waals surface area contributed by atoms with Gasteiger partial charge in [-0.25, -0.2) is 0 Å². The Kier molecular flexibility index (Phi) is 4.92. The zero-order valence-corrected chi connectivity index (χ0v) is 17.1. The van der Waals surface area contributed by atoms with Gasteiger partial charge in [0.05, 0.1) is 11.6 Å². The summed E-state index contributed by atoms with van der Waals surface area (Å²) in [5, 5.41) is 21.2. The molecule has 0 aliphatic carbocycles. The molecule has 29 heavy (non-hydrogen) atoms. The molecular formula is C22H18BrNO5. The van der Waals surface area contributed by atoms with Crippen LogP contribution in [0.4, 0.5) is 0 Å². The molecule has 2 aromatic carbocycles. The largest absolute Gasteiger partial charge is 0.508 e. The minimum atomic E-state index is -0.804. The number of furan rings is 1. The molecule has 3 aromatic rings. The number of carbonyl (C=O) groups is 2. The third-order valence-electron chi connectivity index (χ3n) is 4.90. The highest BCUT2D eigenvalue weighted by atomic mass is 79.9. The van der Waals surface area contributed by atoms with Gasteiger partial charge in [0.15, 0.2) is 11.5 Å². The van der Waals surface area contributed by atoms with Crippen molar-refractivity contribution in [2.75, 3.05) is 6.54 Å². The van der Waals surface area contributed by atoms with Crippen LogP contribution in [0.5, 0.6) is 5.75 Å². The number of ketones is 1. The lowest BCUT2D eigenvalue weighted by atomic mass is 9.95. The fourth-order valence-corrected chi connectivity index (χ4v) is 4.04. The number of hydrogen-bond donors (Lipinski definition) is 2. The highest BCUT2D eigenvalue weighted by molar-refractivity contribution is 9.10. The van der Waals surface area contributed by atoms with Gasteiger partial charge in [-0.2, -0.15) is 0 Å². The summed E-state index contributed by atoms with van der Waals surface area (Å²) in [6.07, 6.45) is 0.647. The zero-order chi connectivity index (χ0) is 20.7. The standard InChI is InChI=1S/C22H18BrNO5/c1-2-8-24-19(12-4-3-5-15(25)10-12)18(21(27)22(24)28)20(26)17-11-13-9-14(23)6-7-16(13)29-17/h3-7,9-11,19,25,27H,2,8H2,1H3. The number of phenols is 1. The number of aromatic hydroxyl groups is 1. The van der Waals surface area contributed by atoms with Gasteiger partial charge in [0, 0.05) is 16.4 Å². The van der Waals surface area contributed by atoms with Crippen LogP contribution >= 0.6 is 15.9 Å². The van der Waals surface area contributed by atoms with Crippen LogP contribution in [0.25, 0.3) is 11.0 Å². The Balaban J connectivity index is 1.83. The molecule has 4 rings (SSSR count). The van der Waals surface area contributed by atoms with Crippen molar-refractivity contribution in [2.45, 2.75) is 19.4 Å². The molecule has 0 radical (unpaired) electrons. The van der Waals surface area contributed by atoms with Crippen molar-refractivity contribution in [3.05, 3.63) is 75.7 Å². The van der Waals surface area contributed by atoms with Crippen LogP contribution in [-0.4, -0.2) is 33.3 Å². The molecule has 1 amide bonds. The second-order valence-electron chi connectivity index (χ2n) is 6.88. The molecule has 1 aliphatic heterocycles. The van der Waals surface area contributed by atoms with Crippen LogP contribution < -0.4 is 0 Å². The SMILES string of the molecule is CCCN1C(=O)C(O)=C(C(=O)c2cc3cc(Br)ccc3o2)C1c1cccc(O)c1. The highest BCUT2D eigenvalue weighted by Crippen LogP contribution is 2.40. The fraction of sp³-hybridized carbons (Fsp3) is 0.182. The fourth-order valence-electron chi connectivity index (χ4n) is 3.66. The predicted molar refractivity (Wildman–Crippen MR) is 111 cm³/mol. The van der Waals surface area contributed by atoms with Crippen LogP contribution in [0.2, 0.25) is 0 Å². The van der Waals surface area contributed by atoms with E-state index in [9.17, 15) is 19.8 Å². The van der Waals surface area contributed by atoms with Crippen molar-refractivity contribution in [1.82, 2.24) is 4.90 Å². The molecule has 2 heterocycles. The summed E-state index contributed by atoms with van der Waals surface area (Å²) >= 11 is 3.38. The summed E-state index contributed by atoms with van der Waals surface area (Å²) in [6.45, 7) is 2.26. The average molecular weight is 456 g/mol. The second kappa shape index (κ2) is 7.40. The minimum Gasteiger partial charge on any atom is -0.508 e. The third-order valence-corrected chi connectivity index (χ3v) is 5.39. The number of hydrogen-bond acceptors (Lipinski definition) is 5. The Bertz CT molecular complexity index is 1160. The van der Waals surface area contributed by atoms with Crippen LogP contribution in [0, 0.1) is 0 Å². The Morgan fingerprint density at radius 3 is 2.69 bits per heavy atom.